The monoisotopic (exact) mass is 211 g/mol. The highest BCUT2D eigenvalue weighted by Crippen LogP contribution is 2.23. The number of hydrogen-bond donors (Lipinski definition) is 2. The molecule has 0 saturated heterocycles. The summed E-state index contributed by atoms with van der Waals surface area (Å²) in [6, 6.07) is 2.47. The Kier molecular flexibility index (Phi) is 3.04. The van der Waals surface area contributed by atoms with Gasteiger partial charge in [0.2, 0.25) is 5.91 Å². The number of carboxylic acid groups (broad SMARTS) is 1. The molecular weight excluding hydrogens is 201 g/mol. The van der Waals surface area contributed by atoms with E-state index in [2.05, 4.69) is 5.32 Å². The van der Waals surface area contributed by atoms with Gasteiger partial charge in [-0.2, -0.15) is 0 Å². The summed E-state index contributed by atoms with van der Waals surface area (Å²) in [5.41, 5.74) is -0.104. The van der Waals surface area contributed by atoms with E-state index in [0.29, 0.717) is 5.56 Å². The topological polar surface area (TPSA) is 66.4 Å². The van der Waals surface area contributed by atoms with Crippen LogP contribution in [0.1, 0.15) is 22.8 Å². The zero-order valence-corrected chi connectivity index (χ0v) is 8.30. The van der Waals surface area contributed by atoms with Gasteiger partial charge in [0.05, 0.1) is 11.3 Å². The molecule has 0 atom stereocenters. The second-order valence-electron chi connectivity index (χ2n) is 3.10. The van der Waals surface area contributed by atoms with Crippen LogP contribution in [-0.2, 0) is 4.79 Å². The van der Waals surface area contributed by atoms with Crippen molar-refractivity contribution in [3.63, 3.8) is 0 Å². The van der Waals surface area contributed by atoms with Crippen molar-refractivity contribution in [1.82, 2.24) is 0 Å². The van der Waals surface area contributed by atoms with Crippen molar-refractivity contribution >= 4 is 17.6 Å². The van der Waals surface area contributed by atoms with Crippen molar-refractivity contribution in [1.29, 1.82) is 0 Å². The number of carbonyl (C=O) groups excluding carboxylic acids is 1. The number of amides is 1. The molecule has 2 N–H and O–H groups in total. The molecule has 0 saturated carbocycles. The van der Waals surface area contributed by atoms with Gasteiger partial charge in [0.25, 0.3) is 0 Å². The minimum atomic E-state index is -1.27. The van der Waals surface area contributed by atoms with E-state index in [1.54, 1.807) is 0 Å². The predicted octanol–water partition coefficient (Wildman–Crippen LogP) is 1.79. The van der Waals surface area contributed by atoms with Crippen LogP contribution >= 0.6 is 0 Å². The number of nitrogens with one attached hydrogen (secondary N) is 1. The van der Waals surface area contributed by atoms with E-state index in [-0.39, 0.29) is 11.3 Å². The second-order valence-corrected chi connectivity index (χ2v) is 3.10. The number of halogens is 1. The molecule has 0 radical (unpaired) electrons. The first-order chi connectivity index (χ1) is 6.93. The number of carbonyl (C=O) groups is 2. The number of carboxylic acids is 1. The Balaban J connectivity index is 3.38. The van der Waals surface area contributed by atoms with E-state index < -0.39 is 17.7 Å². The van der Waals surface area contributed by atoms with E-state index in [4.69, 9.17) is 5.11 Å². The van der Waals surface area contributed by atoms with Gasteiger partial charge in [-0.05, 0) is 18.6 Å². The molecule has 1 amide bonds. The molecule has 0 bridgehead atoms. The van der Waals surface area contributed by atoms with E-state index >= 15 is 0 Å². The van der Waals surface area contributed by atoms with Crippen LogP contribution in [0.15, 0.2) is 12.1 Å². The Bertz CT molecular complexity index is 429. The van der Waals surface area contributed by atoms with Crippen LogP contribution in [0.2, 0.25) is 0 Å². The molecule has 0 heterocycles. The van der Waals surface area contributed by atoms with Crippen LogP contribution < -0.4 is 5.32 Å². The summed E-state index contributed by atoms with van der Waals surface area (Å²) in [6.07, 6.45) is 0. The van der Waals surface area contributed by atoms with Gasteiger partial charge in [0.1, 0.15) is 5.82 Å². The first-order valence-electron chi connectivity index (χ1n) is 4.23. The lowest BCUT2D eigenvalue weighted by molar-refractivity contribution is -0.114. The van der Waals surface area contributed by atoms with Crippen LogP contribution in [-0.4, -0.2) is 17.0 Å². The number of aryl methyl sites for hydroxylation is 1. The number of rotatable bonds is 2. The molecular formula is C10H10FNO3. The minimum absolute atomic E-state index is 0.217. The third-order valence-corrected chi connectivity index (χ3v) is 1.88. The smallest absolute Gasteiger partial charge is 0.338 e. The van der Waals surface area contributed by atoms with Crippen molar-refractivity contribution in [2.24, 2.45) is 0 Å². The zero-order chi connectivity index (χ0) is 11.6. The molecule has 15 heavy (non-hydrogen) atoms. The van der Waals surface area contributed by atoms with Crippen LogP contribution in [0.4, 0.5) is 10.1 Å². The second kappa shape index (κ2) is 4.08. The van der Waals surface area contributed by atoms with Crippen LogP contribution in [0.25, 0.3) is 0 Å². The van der Waals surface area contributed by atoms with Gasteiger partial charge >= 0.3 is 5.97 Å². The third-order valence-electron chi connectivity index (χ3n) is 1.88. The lowest BCUT2D eigenvalue weighted by Crippen LogP contribution is -2.13. The highest BCUT2D eigenvalue weighted by molar-refractivity contribution is 6.01. The summed E-state index contributed by atoms with van der Waals surface area (Å²) in [6.45, 7) is 2.72. The third kappa shape index (κ3) is 2.31. The number of aromatic carboxylic acids is 1. The van der Waals surface area contributed by atoms with Gasteiger partial charge in [0.15, 0.2) is 0 Å². The summed E-state index contributed by atoms with van der Waals surface area (Å²) in [7, 11) is 0. The SMILES string of the molecule is CC(=O)Nc1c(F)ccc(C)c1C(=O)O. The molecule has 80 valence electrons. The molecule has 0 fully saturated rings. The Morgan fingerprint density at radius 1 is 1.40 bits per heavy atom. The maximum absolute atomic E-state index is 13.3. The van der Waals surface area contributed by atoms with Gasteiger partial charge < -0.3 is 10.4 Å². The van der Waals surface area contributed by atoms with E-state index in [0.717, 1.165) is 6.07 Å². The molecule has 0 aliphatic heterocycles. The molecule has 0 unspecified atom stereocenters. The molecule has 1 rings (SSSR count). The number of benzene rings is 1. The van der Waals surface area contributed by atoms with Gasteiger partial charge in [0, 0.05) is 6.92 Å². The van der Waals surface area contributed by atoms with Crippen molar-refractivity contribution in [2.45, 2.75) is 13.8 Å². The maximum Gasteiger partial charge on any atom is 0.338 e. The lowest BCUT2D eigenvalue weighted by atomic mass is 10.1. The van der Waals surface area contributed by atoms with Gasteiger partial charge in [-0.25, -0.2) is 9.18 Å². The molecule has 0 aliphatic carbocycles. The first kappa shape index (κ1) is 11.2. The van der Waals surface area contributed by atoms with Crippen LogP contribution in [0.3, 0.4) is 0 Å². The molecule has 1 aromatic rings. The lowest BCUT2D eigenvalue weighted by Gasteiger charge is -2.10. The van der Waals surface area contributed by atoms with Gasteiger partial charge in [-0.15, -0.1) is 0 Å². The molecule has 0 aliphatic rings. The Labute approximate surface area is 85.7 Å². The Hall–Kier alpha value is -1.91. The predicted molar refractivity (Wildman–Crippen MR) is 52.4 cm³/mol. The standard InChI is InChI=1S/C10H10FNO3/c1-5-3-4-7(11)9(12-6(2)13)8(5)10(14)15/h3-4H,1-2H3,(H,12,13)(H,14,15). The average Bonchev–Trinajstić information content (AvgIpc) is 2.10. The normalized spacial score (nSPS) is 9.80. The molecule has 0 aromatic heterocycles. The molecule has 5 heteroatoms. The van der Waals surface area contributed by atoms with Crippen LogP contribution in [0.5, 0.6) is 0 Å². The molecule has 0 spiro atoms. The quantitative estimate of drug-likeness (QED) is 0.783. The summed E-state index contributed by atoms with van der Waals surface area (Å²) < 4.78 is 13.3. The van der Waals surface area contributed by atoms with Gasteiger partial charge in [-0.3, -0.25) is 4.79 Å². The Morgan fingerprint density at radius 2 is 2.00 bits per heavy atom. The van der Waals surface area contributed by atoms with Crippen LogP contribution in [0, 0.1) is 12.7 Å². The van der Waals surface area contributed by atoms with E-state index in [1.165, 1.54) is 19.9 Å². The van der Waals surface area contributed by atoms with E-state index in [1.807, 2.05) is 0 Å². The minimum Gasteiger partial charge on any atom is -0.478 e. The van der Waals surface area contributed by atoms with Crippen molar-refractivity contribution < 1.29 is 19.1 Å². The molecule has 4 nitrogen and oxygen atoms in total. The summed E-state index contributed by atoms with van der Waals surface area (Å²) in [4.78, 5) is 21.6. The van der Waals surface area contributed by atoms with E-state index in [9.17, 15) is 14.0 Å². The number of hydrogen-bond acceptors (Lipinski definition) is 2. The van der Waals surface area contributed by atoms with Crippen molar-refractivity contribution in [2.75, 3.05) is 5.32 Å². The van der Waals surface area contributed by atoms with Crippen molar-refractivity contribution in [3.8, 4) is 0 Å². The van der Waals surface area contributed by atoms with Crippen molar-refractivity contribution in [3.05, 3.63) is 29.1 Å². The summed E-state index contributed by atoms with van der Waals surface area (Å²) >= 11 is 0. The largest absolute Gasteiger partial charge is 0.478 e. The maximum atomic E-state index is 13.3. The average molecular weight is 211 g/mol. The zero-order valence-electron chi connectivity index (χ0n) is 8.30. The fourth-order valence-corrected chi connectivity index (χ4v) is 1.26. The summed E-state index contributed by atoms with van der Waals surface area (Å²) in [5, 5.41) is 11.0. The first-order valence-corrected chi connectivity index (χ1v) is 4.23. The highest BCUT2D eigenvalue weighted by Gasteiger charge is 2.17. The number of anilines is 1. The fraction of sp³-hybridized carbons (Fsp3) is 0.200. The highest BCUT2D eigenvalue weighted by atomic mass is 19.1. The fourth-order valence-electron chi connectivity index (χ4n) is 1.26. The Morgan fingerprint density at radius 3 is 2.47 bits per heavy atom. The summed E-state index contributed by atoms with van der Waals surface area (Å²) in [5.74, 6) is -2.54. The van der Waals surface area contributed by atoms with Gasteiger partial charge in [-0.1, -0.05) is 6.07 Å². The molecule has 1 aromatic carbocycles.